The van der Waals surface area contributed by atoms with E-state index in [1.807, 2.05) is 0 Å². The maximum atomic E-state index is 13.1. The number of nitrogens with one attached hydrogen (secondary N) is 1. The molecule has 148 valence electrons. The molecule has 9 nitrogen and oxygen atoms in total. The molecule has 5 N–H and O–H groups in total. The van der Waals surface area contributed by atoms with Crippen LogP contribution in [0.15, 0.2) is 41.4 Å². The molecular weight excluding hydrogens is 409 g/mol. The van der Waals surface area contributed by atoms with Crippen molar-refractivity contribution in [2.75, 3.05) is 18.8 Å². The van der Waals surface area contributed by atoms with Crippen LogP contribution in [0.4, 0.5) is 11.4 Å². The lowest BCUT2D eigenvalue weighted by Crippen LogP contribution is -2.36. The van der Waals surface area contributed by atoms with Gasteiger partial charge in [-0.15, -0.1) is 0 Å². The Morgan fingerprint density at radius 1 is 1.29 bits per heavy atom. The molecule has 1 saturated heterocycles. The van der Waals surface area contributed by atoms with Gasteiger partial charge in [0.05, 0.1) is 22.0 Å². The third-order valence-electron chi connectivity index (χ3n) is 3.96. The van der Waals surface area contributed by atoms with E-state index in [1.54, 1.807) is 24.3 Å². The van der Waals surface area contributed by atoms with E-state index in [-0.39, 0.29) is 22.6 Å². The summed E-state index contributed by atoms with van der Waals surface area (Å²) in [4.78, 5) is 23.5. The molecule has 3 rings (SSSR count). The zero-order valence-electron chi connectivity index (χ0n) is 14.5. The predicted molar refractivity (Wildman–Crippen MR) is 104 cm³/mol. The van der Waals surface area contributed by atoms with Gasteiger partial charge in [0.2, 0.25) is 5.96 Å². The number of aliphatic imine (C=N–C) groups is 1. The standard InChI is InChI=1S/C17H17Cl2N5O4/c18-13-7-11(20)8-14(19)15(13)22-17-21-5-6-23(17)16(25)12-4-2-1-3-10(12)9-28-24(26)27/h1-4,7-8,26-27H,5-6,9,20H2,(H,21,22). The second-order valence-electron chi connectivity index (χ2n) is 5.84. The van der Waals surface area contributed by atoms with Crippen molar-refractivity contribution in [3.05, 3.63) is 57.6 Å². The summed E-state index contributed by atoms with van der Waals surface area (Å²) in [5.74, 6) is -0.0479. The molecule has 1 amide bonds. The molecule has 0 aliphatic carbocycles. The van der Waals surface area contributed by atoms with E-state index < -0.39 is 5.39 Å². The molecule has 0 radical (unpaired) electrons. The molecule has 2 aromatic rings. The fraction of sp³-hybridized carbons (Fsp3) is 0.176. The lowest BCUT2D eigenvalue weighted by molar-refractivity contribution is -0.497. The van der Waals surface area contributed by atoms with Crippen LogP contribution in [-0.2, 0) is 11.4 Å². The van der Waals surface area contributed by atoms with Gasteiger partial charge in [0.1, 0.15) is 5.69 Å². The Hall–Kier alpha value is -2.40. The van der Waals surface area contributed by atoms with Crippen molar-refractivity contribution in [1.29, 1.82) is 0 Å². The van der Waals surface area contributed by atoms with Crippen LogP contribution in [-0.4, -0.2) is 45.7 Å². The smallest absolute Gasteiger partial charge is 0.261 e. The van der Waals surface area contributed by atoms with Crippen LogP contribution in [0.2, 0.25) is 10.0 Å². The molecule has 1 fully saturated rings. The molecule has 2 aromatic carbocycles. The van der Waals surface area contributed by atoms with Crippen LogP contribution >= 0.6 is 23.2 Å². The van der Waals surface area contributed by atoms with Gasteiger partial charge in [-0.1, -0.05) is 41.4 Å². The Morgan fingerprint density at radius 3 is 2.64 bits per heavy atom. The molecule has 0 atom stereocenters. The number of hydrogen-bond acceptors (Lipinski definition) is 7. The predicted octanol–water partition coefficient (Wildman–Crippen LogP) is 2.82. The fourth-order valence-electron chi connectivity index (χ4n) is 2.70. The molecular formula is C17H17Cl2N5O4. The average molecular weight is 426 g/mol. The van der Waals surface area contributed by atoms with Crippen molar-refractivity contribution in [3.8, 4) is 0 Å². The summed E-state index contributed by atoms with van der Waals surface area (Å²) in [6.45, 7) is 0.663. The van der Waals surface area contributed by atoms with Crippen molar-refractivity contribution in [2.24, 2.45) is 4.99 Å². The van der Waals surface area contributed by atoms with Crippen molar-refractivity contribution in [1.82, 2.24) is 15.6 Å². The summed E-state index contributed by atoms with van der Waals surface area (Å²) in [6.07, 6.45) is 0. The van der Waals surface area contributed by atoms with E-state index in [2.05, 4.69) is 15.1 Å². The Labute approximate surface area is 170 Å². The maximum Gasteiger partial charge on any atom is 0.261 e. The van der Waals surface area contributed by atoms with E-state index in [4.69, 9.17) is 39.4 Å². The zero-order chi connectivity index (χ0) is 20.3. The third-order valence-corrected chi connectivity index (χ3v) is 4.54. The molecule has 0 unspecified atom stereocenters. The number of halogens is 2. The highest BCUT2D eigenvalue weighted by atomic mass is 35.5. The second-order valence-corrected chi connectivity index (χ2v) is 6.65. The Balaban J connectivity index is 1.91. The highest BCUT2D eigenvalue weighted by molar-refractivity contribution is 6.39. The van der Waals surface area contributed by atoms with Gasteiger partial charge >= 0.3 is 0 Å². The number of carbonyl (C=O) groups excluding carboxylic acids is 1. The maximum absolute atomic E-state index is 13.1. The normalized spacial score (nSPS) is 15.3. The highest BCUT2D eigenvalue weighted by Crippen LogP contribution is 2.35. The number of nitrogens with zero attached hydrogens (tertiary/aromatic N) is 3. The van der Waals surface area contributed by atoms with E-state index in [1.165, 1.54) is 17.0 Å². The van der Waals surface area contributed by atoms with E-state index in [0.717, 1.165) is 0 Å². The van der Waals surface area contributed by atoms with Crippen molar-refractivity contribution >= 4 is 46.4 Å². The first-order valence-corrected chi connectivity index (χ1v) is 8.90. The summed E-state index contributed by atoms with van der Waals surface area (Å²) < 4.78 is 0. The quantitative estimate of drug-likeness (QED) is 0.428. The number of guanidine groups is 1. The first-order chi connectivity index (χ1) is 13.4. The Bertz CT molecular complexity index is 899. The third kappa shape index (κ3) is 4.53. The van der Waals surface area contributed by atoms with Crippen molar-refractivity contribution in [2.45, 2.75) is 6.61 Å². The Kier molecular flexibility index (Phi) is 6.35. The molecule has 0 aromatic heterocycles. The molecule has 1 heterocycles. The van der Waals surface area contributed by atoms with Crippen molar-refractivity contribution < 1.29 is 20.0 Å². The number of nitrogens with two attached hydrogens (primary N) is 1. The lowest BCUT2D eigenvalue weighted by atomic mass is 10.1. The van der Waals surface area contributed by atoms with Crippen LogP contribution in [0.5, 0.6) is 0 Å². The fourth-order valence-corrected chi connectivity index (χ4v) is 3.29. The van der Waals surface area contributed by atoms with Gasteiger partial charge in [0, 0.05) is 24.3 Å². The molecule has 0 bridgehead atoms. The minimum absolute atomic E-state index is 0.210. The van der Waals surface area contributed by atoms with Gasteiger partial charge in [-0.2, -0.15) is 0 Å². The summed E-state index contributed by atoms with van der Waals surface area (Å²) >= 11 is 12.4. The number of nitrogen functional groups attached to an aromatic ring is 1. The minimum atomic E-state index is -0.406. The van der Waals surface area contributed by atoms with Gasteiger partial charge in [0.15, 0.2) is 0 Å². The number of carbonyl (C=O) groups is 1. The molecule has 1 aliphatic rings. The summed E-state index contributed by atoms with van der Waals surface area (Å²) in [7, 11) is 0. The van der Waals surface area contributed by atoms with Crippen LogP contribution < -0.4 is 11.1 Å². The van der Waals surface area contributed by atoms with Crippen LogP contribution in [0.25, 0.3) is 0 Å². The molecule has 11 heteroatoms. The van der Waals surface area contributed by atoms with Gasteiger partial charge in [-0.05, 0) is 23.8 Å². The SMILES string of the molecule is Nc1cc(Cl)c(/N=C2\NCCN2C(=O)c2ccccc2CON(O)O)c(Cl)c1. The second kappa shape index (κ2) is 8.74. The van der Waals surface area contributed by atoms with E-state index in [9.17, 15) is 4.79 Å². The van der Waals surface area contributed by atoms with Crippen LogP contribution in [0.3, 0.4) is 0 Å². The van der Waals surface area contributed by atoms with Gasteiger partial charge in [0.25, 0.3) is 5.91 Å². The topological polar surface area (TPSA) is 124 Å². The summed E-state index contributed by atoms with van der Waals surface area (Å²) in [5, 5.41) is 20.6. The highest BCUT2D eigenvalue weighted by Gasteiger charge is 2.28. The first kappa shape index (κ1) is 20.3. The van der Waals surface area contributed by atoms with Gasteiger partial charge in [-0.25, -0.2) is 9.83 Å². The summed E-state index contributed by atoms with van der Waals surface area (Å²) in [5.41, 5.74) is 7.21. The number of amides is 1. The number of hydrogen-bond donors (Lipinski definition) is 4. The summed E-state index contributed by atoms with van der Waals surface area (Å²) in [6, 6.07) is 9.70. The molecule has 0 saturated carbocycles. The molecule has 1 aliphatic heterocycles. The average Bonchev–Trinajstić information content (AvgIpc) is 3.11. The number of rotatable bonds is 5. The van der Waals surface area contributed by atoms with E-state index in [0.29, 0.717) is 41.6 Å². The minimum Gasteiger partial charge on any atom is -0.399 e. The lowest BCUT2D eigenvalue weighted by Gasteiger charge is -2.18. The van der Waals surface area contributed by atoms with E-state index >= 15 is 0 Å². The monoisotopic (exact) mass is 425 g/mol. The molecule has 28 heavy (non-hydrogen) atoms. The van der Waals surface area contributed by atoms with Crippen LogP contribution in [0, 0.1) is 0 Å². The van der Waals surface area contributed by atoms with Gasteiger partial charge in [-0.3, -0.25) is 20.1 Å². The zero-order valence-corrected chi connectivity index (χ0v) is 16.0. The van der Waals surface area contributed by atoms with Crippen molar-refractivity contribution in [3.63, 3.8) is 0 Å². The largest absolute Gasteiger partial charge is 0.399 e. The first-order valence-electron chi connectivity index (χ1n) is 8.14. The van der Waals surface area contributed by atoms with Crippen LogP contribution in [0.1, 0.15) is 15.9 Å². The number of anilines is 1. The Morgan fingerprint density at radius 2 is 1.96 bits per heavy atom. The number of benzene rings is 2. The molecule has 0 spiro atoms. The van der Waals surface area contributed by atoms with Gasteiger partial charge < -0.3 is 11.1 Å².